The molecule has 0 aromatic rings. The van der Waals surface area contributed by atoms with Crippen LogP contribution < -0.4 is 11.3 Å². The predicted molar refractivity (Wildman–Crippen MR) is 61.2 cm³/mol. The first-order valence-electron chi connectivity index (χ1n) is 6.58. The zero-order chi connectivity index (χ0) is 10.3. The van der Waals surface area contributed by atoms with Crippen molar-refractivity contribution < 1.29 is 0 Å². The molecule has 2 saturated heterocycles. The van der Waals surface area contributed by atoms with Crippen LogP contribution in [0.1, 0.15) is 44.9 Å². The lowest BCUT2D eigenvalue weighted by molar-refractivity contribution is 0.0209. The summed E-state index contributed by atoms with van der Waals surface area (Å²) >= 11 is 0. The van der Waals surface area contributed by atoms with Crippen LogP contribution in [0.5, 0.6) is 0 Å². The molecule has 2 heterocycles. The van der Waals surface area contributed by atoms with Crippen LogP contribution >= 0.6 is 0 Å². The van der Waals surface area contributed by atoms with Crippen LogP contribution in [0.2, 0.25) is 0 Å². The van der Waals surface area contributed by atoms with Gasteiger partial charge in [0.05, 0.1) is 0 Å². The predicted octanol–water partition coefficient (Wildman–Crippen LogP) is 1.25. The maximum Gasteiger partial charge on any atom is 0.0240 e. The molecule has 3 fully saturated rings. The van der Waals surface area contributed by atoms with Crippen LogP contribution in [-0.2, 0) is 0 Å². The van der Waals surface area contributed by atoms with E-state index in [1.165, 1.54) is 51.5 Å². The van der Waals surface area contributed by atoms with Gasteiger partial charge in [-0.1, -0.05) is 6.42 Å². The zero-order valence-corrected chi connectivity index (χ0v) is 9.49. The van der Waals surface area contributed by atoms with Gasteiger partial charge in [0.25, 0.3) is 0 Å². The minimum Gasteiger partial charge on any atom is -0.297 e. The lowest BCUT2D eigenvalue weighted by Gasteiger charge is -2.49. The molecule has 1 saturated carbocycles. The molecule has 2 bridgehead atoms. The summed E-state index contributed by atoms with van der Waals surface area (Å²) in [5.41, 5.74) is 3.00. The standard InChI is InChI=1S/C12H23N3/c13-14-10-6-11-2-1-3-12(7-10)15(11)8-9-4-5-9/h9-12,14H,1-8,13H2/t10?,11-,12+. The summed E-state index contributed by atoms with van der Waals surface area (Å²) in [6.07, 6.45) is 9.76. The van der Waals surface area contributed by atoms with Crippen LogP contribution in [0.25, 0.3) is 0 Å². The van der Waals surface area contributed by atoms with E-state index in [1.807, 2.05) is 0 Å². The Bertz CT molecular complexity index is 213. The van der Waals surface area contributed by atoms with Crippen LogP contribution in [0.3, 0.4) is 0 Å². The van der Waals surface area contributed by atoms with Gasteiger partial charge in [-0.2, -0.15) is 0 Å². The fraction of sp³-hybridized carbons (Fsp3) is 1.00. The molecule has 0 radical (unpaired) electrons. The first-order valence-corrected chi connectivity index (χ1v) is 6.58. The van der Waals surface area contributed by atoms with E-state index >= 15 is 0 Å². The highest BCUT2D eigenvalue weighted by Crippen LogP contribution is 2.38. The Hall–Kier alpha value is -0.120. The molecular formula is C12H23N3. The van der Waals surface area contributed by atoms with Crippen molar-refractivity contribution in [3.63, 3.8) is 0 Å². The molecule has 3 aliphatic rings. The molecule has 0 amide bonds. The van der Waals surface area contributed by atoms with Crippen LogP contribution in [-0.4, -0.2) is 29.6 Å². The number of rotatable bonds is 3. The van der Waals surface area contributed by atoms with E-state index in [0.29, 0.717) is 6.04 Å². The summed E-state index contributed by atoms with van der Waals surface area (Å²) < 4.78 is 0. The highest BCUT2D eigenvalue weighted by atomic mass is 15.3. The number of nitrogens with two attached hydrogens (primary N) is 1. The van der Waals surface area contributed by atoms with Gasteiger partial charge < -0.3 is 0 Å². The molecule has 0 aromatic carbocycles. The highest BCUT2D eigenvalue weighted by molar-refractivity contribution is 4.96. The van der Waals surface area contributed by atoms with Gasteiger partial charge in [-0.05, 0) is 44.4 Å². The number of fused-ring (bicyclic) bond motifs is 2. The minimum absolute atomic E-state index is 0.579. The number of hydrogen-bond donors (Lipinski definition) is 2. The van der Waals surface area contributed by atoms with E-state index in [0.717, 1.165) is 18.0 Å². The maximum absolute atomic E-state index is 5.60. The Labute approximate surface area is 92.4 Å². The lowest BCUT2D eigenvalue weighted by atomic mass is 9.82. The molecule has 3 rings (SSSR count). The summed E-state index contributed by atoms with van der Waals surface area (Å²) in [6, 6.07) is 2.24. The van der Waals surface area contributed by atoms with E-state index < -0.39 is 0 Å². The summed E-state index contributed by atoms with van der Waals surface area (Å²) in [6.45, 7) is 1.38. The van der Waals surface area contributed by atoms with Crippen molar-refractivity contribution in [1.82, 2.24) is 10.3 Å². The second kappa shape index (κ2) is 4.04. The van der Waals surface area contributed by atoms with Gasteiger partial charge in [0.2, 0.25) is 0 Å². The zero-order valence-electron chi connectivity index (χ0n) is 9.49. The SMILES string of the molecule is NNC1C[C@H]2CCC[C@@H](C1)N2CC1CC1. The van der Waals surface area contributed by atoms with Crippen molar-refractivity contribution in [3.05, 3.63) is 0 Å². The third-order valence-electron chi connectivity index (χ3n) is 4.53. The minimum atomic E-state index is 0.579. The summed E-state index contributed by atoms with van der Waals surface area (Å²) in [5.74, 6) is 6.63. The number of hydrazine groups is 1. The average Bonchev–Trinajstić information content (AvgIpc) is 3.01. The van der Waals surface area contributed by atoms with E-state index in [4.69, 9.17) is 5.84 Å². The van der Waals surface area contributed by atoms with Crippen LogP contribution in [0.15, 0.2) is 0 Å². The van der Waals surface area contributed by atoms with Gasteiger partial charge in [-0.15, -0.1) is 0 Å². The van der Waals surface area contributed by atoms with Crippen molar-refractivity contribution in [1.29, 1.82) is 0 Å². The van der Waals surface area contributed by atoms with Gasteiger partial charge in [0.15, 0.2) is 0 Å². The van der Waals surface area contributed by atoms with E-state index in [-0.39, 0.29) is 0 Å². The molecule has 1 aliphatic carbocycles. The Morgan fingerprint density at radius 2 is 1.73 bits per heavy atom. The van der Waals surface area contributed by atoms with E-state index in [2.05, 4.69) is 10.3 Å². The van der Waals surface area contributed by atoms with Crippen molar-refractivity contribution in [2.75, 3.05) is 6.54 Å². The molecular weight excluding hydrogens is 186 g/mol. The molecule has 0 spiro atoms. The Morgan fingerprint density at radius 3 is 2.27 bits per heavy atom. The largest absolute Gasteiger partial charge is 0.297 e. The summed E-state index contributed by atoms with van der Waals surface area (Å²) in [5, 5.41) is 0. The monoisotopic (exact) mass is 209 g/mol. The second-order valence-corrected chi connectivity index (χ2v) is 5.71. The fourth-order valence-corrected chi connectivity index (χ4v) is 3.51. The molecule has 3 heteroatoms. The Kier molecular flexibility index (Phi) is 2.71. The number of piperidine rings is 2. The maximum atomic E-state index is 5.60. The van der Waals surface area contributed by atoms with E-state index in [9.17, 15) is 0 Å². The molecule has 1 unspecified atom stereocenters. The van der Waals surface area contributed by atoms with Crippen molar-refractivity contribution >= 4 is 0 Å². The topological polar surface area (TPSA) is 41.3 Å². The molecule has 15 heavy (non-hydrogen) atoms. The van der Waals surface area contributed by atoms with Gasteiger partial charge >= 0.3 is 0 Å². The third-order valence-corrected chi connectivity index (χ3v) is 4.53. The van der Waals surface area contributed by atoms with Crippen molar-refractivity contribution in [3.8, 4) is 0 Å². The lowest BCUT2D eigenvalue weighted by Crippen LogP contribution is -2.57. The van der Waals surface area contributed by atoms with Gasteiger partial charge in [-0.25, -0.2) is 0 Å². The molecule has 86 valence electrons. The van der Waals surface area contributed by atoms with Crippen LogP contribution in [0, 0.1) is 5.92 Å². The number of nitrogens with zero attached hydrogens (tertiary/aromatic N) is 1. The van der Waals surface area contributed by atoms with Gasteiger partial charge in [0.1, 0.15) is 0 Å². The first kappa shape index (κ1) is 10.1. The molecule has 3 atom stereocenters. The van der Waals surface area contributed by atoms with E-state index in [1.54, 1.807) is 0 Å². The fourth-order valence-electron chi connectivity index (χ4n) is 3.51. The van der Waals surface area contributed by atoms with Crippen molar-refractivity contribution in [2.24, 2.45) is 11.8 Å². The third kappa shape index (κ3) is 2.05. The summed E-state index contributed by atoms with van der Waals surface area (Å²) in [7, 11) is 0. The number of hydrogen-bond acceptors (Lipinski definition) is 3. The molecule has 0 aromatic heterocycles. The second-order valence-electron chi connectivity index (χ2n) is 5.71. The average molecular weight is 209 g/mol. The Morgan fingerprint density at radius 1 is 1.07 bits per heavy atom. The molecule has 3 N–H and O–H groups in total. The number of nitrogens with one attached hydrogen (secondary N) is 1. The highest BCUT2D eigenvalue weighted by Gasteiger charge is 2.39. The smallest absolute Gasteiger partial charge is 0.0240 e. The summed E-state index contributed by atoms with van der Waals surface area (Å²) in [4.78, 5) is 2.81. The molecule has 3 nitrogen and oxygen atoms in total. The van der Waals surface area contributed by atoms with Gasteiger partial charge in [0, 0.05) is 24.7 Å². The quantitative estimate of drug-likeness (QED) is 0.543. The normalized spacial score (nSPS) is 41.8. The Balaban J connectivity index is 1.66. The van der Waals surface area contributed by atoms with Gasteiger partial charge in [-0.3, -0.25) is 16.2 Å². The van der Waals surface area contributed by atoms with Crippen molar-refractivity contribution in [2.45, 2.75) is 63.1 Å². The molecule has 2 aliphatic heterocycles. The van der Waals surface area contributed by atoms with Crippen LogP contribution in [0.4, 0.5) is 0 Å². The first-order chi connectivity index (χ1) is 7.36.